The summed E-state index contributed by atoms with van der Waals surface area (Å²) in [7, 11) is 0. The molecule has 5 heteroatoms. The summed E-state index contributed by atoms with van der Waals surface area (Å²) in [5, 5.41) is 3.69. The van der Waals surface area contributed by atoms with E-state index in [4.69, 9.17) is 0 Å². The van der Waals surface area contributed by atoms with Crippen LogP contribution in [0.1, 0.15) is 46.6 Å². The number of nitrogens with zero attached hydrogens (tertiary/aromatic N) is 1. The second kappa shape index (κ2) is 8.88. The van der Waals surface area contributed by atoms with E-state index in [-0.39, 0.29) is 17.9 Å². The second-order valence-corrected chi connectivity index (χ2v) is 4.58. The van der Waals surface area contributed by atoms with E-state index in [1.54, 1.807) is 24.4 Å². The van der Waals surface area contributed by atoms with Crippen LogP contribution in [-0.2, 0) is 9.59 Å². The van der Waals surface area contributed by atoms with Gasteiger partial charge in [-0.15, -0.1) is 0 Å². The number of hydrogen-bond donors (Lipinski definition) is 1. The van der Waals surface area contributed by atoms with E-state index in [0.29, 0.717) is 11.8 Å². The molecule has 2 amide bonds. The molecule has 0 saturated carbocycles. The molecule has 1 aromatic carbocycles. The predicted molar refractivity (Wildman–Crippen MR) is 92.3 cm³/mol. The first-order chi connectivity index (χ1) is 11.2. The van der Waals surface area contributed by atoms with Gasteiger partial charge in [0.1, 0.15) is 6.04 Å². The van der Waals surface area contributed by atoms with Crippen molar-refractivity contribution in [2.45, 2.75) is 46.6 Å². The molecular formula is C18H24N2O3. The molecule has 5 nitrogen and oxygen atoms in total. The number of hydrogen-bond acceptors (Lipinski definition) is 3. The van der Waals surface area contributed by atoms with Crippen LogP contribution in [0.15, 0.2) is 41.3 Å². The zero-order valence-corrected chi connectivity index (χ0v) is 14.1. The molecule has 0 bridgehead atoms. The number of imide groups is 1. The van der Waals surface area contributed by atoms with Gasteiger partial charge in [0, 0.05) is 18.0 Å². The molecule has 0 radical (unpaired) electrons. The Balaban J connectivity index is 0.000000615. The van der Waals surface area contributed by atoms with Crippen molar-refractivity contribution in [2.75, 3.05) is 0 Å². The Morgan fingerprint density at radius 2 is 1.65 bits per heavy atom. The van der Waals surface area contributed by atoms with E-state index in [1.165, 1.54) is 4.57 Å². The van der Waals surface area contributed by atoms with Gasteiger partial charge in [0.15, 0.2) is 0 Å². The SMILES string of the molecule is CC.CC.O=C1CCC(n2ccc3ccccc3c2=O)C(=O)N1. The summed E-state index contributed by atoms with van der Waals surface area (Å²) in [6.07, 6.45) is 2.24. The van der Waals surface area contributed by atoms with Crippen LogP contribution in [0.3, 0.4) is 0 Å². The molecule has 1 aromatic heterocycles. The third kappa shape index (κ3) is 4.06. The molecule has 3 rings (SSSR count). The Hall–Kier alpha value is -2.43. The van der Waals surface area contributed by atoms with Crippen molar-refractivity contribution in [1.29, 1.82) is 0 Å². The number of nitrogens with one attached hydrogen (secondary N) is 1. The number of amides is 2. The largest absolute Gasteiger partial charge is 0.302 e. The van der Waals surface area contributed by atoms with Gasteiger partial charge in [-0.25, -0.2) is 0 Å². The fourth-order valence-corrected chi connectivity index (χ4v) is 2.40. The quantitative estimate of drug-likeness (QED) is 0.822. The van der Waals surface area contributed by atoms with Crippen molar-refractivity contribution in [3.8, 4) is 0 Å². The van der Waals surface area contributed by atoms with Crippen molar-refractivity contribution in [1.82, 2.24) is 9.88 Å². The number of benzene rings is 1. The summed E-state index contributed by atoms with van der Waals surface area (Å²) in [5.41, 5.74) is -0.201. The molecule has 124 valence electrons. The molecule has 1 atom stereocenters. The highest BCUT2D eigenvalue weighted by molar-refractivity contribution is 5.99. The van der Waals surface area contributed by atoms with Crippen LogP contribution in [0.4, 0.5) is 0 Å². The Bertz CT molecular complexity index is 734. The number of carbonyl (C=O) groups is 2. The van der Waals surface area contributed by atoms with E-state index in [9.17, 15) is 14.4 Å². The monoisotopic (exact) mass is 316 g/mol. The molecule has 2 heterocycles. The van der Waals surface area contributed by atoms with Gasteiger partial charge in [0.2, 0.25) is 11.8 Å². The average Bonchev–Trinajstić information content (AvgIpc) is 2.60. The molecule has 0 aliphatic carbocycles. The number of piperidine rings is 1. The second-order valence-electron chi connectivity index (χ2n) is 4.58. The summed E-state index contributed by atoms with van der Waals surface area (Å²) in [6, 6.07) is 8.44. The highest BCUT2D eigenvalue weighted by Crippen LogP contribution is 2.18. The molecule has 2 aromatic rings. The summed E-state index contributed by atoms with van der Waals surface area (Å²) >= 11 is 0. The van der Waals surface area contributed by atoms with Crippen LogP contribution in [-0.4, -0.2) is 16.4 Å². The lowest BCUT2D eigenvalue weighted by Gasteiger charge is -2.23. The molecule has 1 unspecified atom stereocenters. The molecule has 1 aliphatic rings. The van der Waals surface area contributed by atoms with E-state index in [2.05, 4.69) is 5.32 Å². The maximum absolute atomic E-state index is 12.4. The molecule has 1 fully saturated rings. The highest BCUT2D eigenvalue weighted by atomic mass is 16.2. The van der Waals surface area contributed by atoms with Gasteiger partial charge in [-0.05, 0) is 23.9 Å². The van der Waals surface area contributed by atoms with Crippen LogP contribution in [0, 0.1) is 0 Å². The number of carbonyl (C=O) groups excluding carboxylic acids is 2. The standard InChI is InChI=1S/C14H12N2O3.2C2H6/c17-12-6-5-11(13(18)15-12)16-8-7-9-3-1-2-4-10(9)14(16)19;2*1-2/h1-4,7-8,11H,5-6H2,(H,15,17,18);2*1-2H3. The van der Waals surface area contributed by atoms with Gasteiger partial charge in [0.05, 0.1) is 0 Å². The predicted octanol–water partition coefficient (Wildman–Crippen LogP) is 3.03. The van der Waals surface area contributed by atoms with Crippen molar-refractivity contribution in [3.05, 3.63) is 46.9 Å². The first-order valence-corrected chi connectivity index (χ1v) is 8.10. The fourth-order valence-electron chi connectivity index (χ4n) is 2.40. The van der Waals surface area contributed by atoms with Gasteiger partial charge in [-0.3, -0.25) is 19.7 Å². The first-order valence-electron chi connectivity index (χ1n) is 8.10. The minimum absolute atomic E-state index is 0.201. The lowest BCUT2D eigenvalue weighted by molar-refractivity contribution is -0.135. The number of pyridine rings is 1. The Morgan fingerprint density at radius 3 is 2.30 bits per heavy atom. The van der Waals surface area contributed by atoms with Crippen molar-refractivity contribution < 1.29 is 9.59 Å². The lowest BCUT2D eigenvalue weighted by atomic mass is 10.1. The minimum atomic E-state index is -0.602. The van der Waals surface area contributed by atoms with Crippen molar-refractivity contribution in [2.24, 2.45) is 0 Å². The van der Waals surface area contributed by atoms with Crippen LogP contribution in [0.25, 0.3) is 10.8 Å². The van der Waals surface area contributed by atoms with Crippen LogP contribution in [0.2, 0.25) is 0 Å². The number of fused-ring (bicyclic) bond motifs is 1. The number of aromatic nitrogens is 1. The van der Waals surface area contributed by atoms with E-state index < -0.39 is 11.9 Å². The van der Waals surface area contributed by atoms with E-state index in [0.717, 1.165) is 5.39 Å². The van der Waals surface area contributed by atoms with Gasteiger partial charge in [0.25, 0.3) is 5.56 Å². The Kier molecular flexibility index (Phi) is 7.19. The molecule has 1 N–H and O–H groups in total. The maximum atomic E-state index is 12.4. The highest BCUT2D eigenvalue weighted by Gasteiger charge is 2.28. The third-order valence-corrected chi connectivity index (χ3v) is 3.39. The van der Waals surface area contributed by atoms with E-state index in [1.807, 2.05) is 39.8 Å². The fraction of sp³-hybridized carbons (Fsp3) is 0.389. The van der Waals surface area contributed by atoms with Gasteiger partial charge in [-0.1, -0.05) is 45.9 Å². The molecule has 1 aliphatic heterocycles. The van der Waals surface area contributed by atoms with Crippen LogP contribution in [0.5, 0.6) is 0 Å². The molecule has 23 heavy (non-hydrogen) atoms. The maximum Gasteiger partial charge on any atom is 0.259 e. The van der Waals surface area contributed by atoms with Gasteiger partial charge < -0.3 is 4.57 Å². The summed E-state index contributed by atoms with van der Waals surface area (Å²) < 4.78 is 1.41. The van der Waals surface area contributed by atoms with Crippen molar-refractivity contribution >= 4 is 22.6 Å². The first kappa shape index (κ1) is 18.6. The zero-order chi connectivity index (χ0) is 17.4. The third-order valence-electron chi connectivity index (χ3n) is 3.39. The molecular weight excluding hydrogens is 292 g/mol. The number of rotatable bonds is 1. The normalized spacial score (nSPS) is 16.6. The van der Waals surface area contributed by atoms with Crippen LogP contribution >= 0.6 is 0 Å². The molecule has 0 spiro atoms. The lowest BCUT2D eigenvalue weighted by Crippen LogP contribution is -2.44. The smallest absolute Gasteiger partial charge is 0.259 e. The van der Waals surface area contributed by atoms with Crippen LogP contribution < -0.4 is 10.9 Å². The minimum Gasteiger partial charge on any atom is -0.302 e. The van der Waals surface area contributed by atoms with Gasteiger partial charge in [-0.2, -0.15) is 0 Å². The molecule has 1 saturated heterocycles. The van der Waals surface area contributed by atoms with E-state index >= 15 is 0 Å². The summed E-state index contributed by atoms with van der Waals surface area (Å²) in [4.78, 5) is 35.3. The summed E-state index contributed by atoms with van der Waals surface area (Å²) in [6.45, 7) is 8.00. The average molecular weight is 316 g/mol. The Morgan fingerprint density at radius 1 is 1.00 bits per heavy atom. The zero-order valence-electron chi connectivity index (χ0n) is 14.1. The summed E-state index contributed by atoms with van der Waals surface area (Å²) in [5.74, 6) is -0.691. The topological polar surface area (TPSA) is 68.2 Å². The van der Waals surface area contributed by atoms with Gasteiger partial charge >= 0.3 is 0 Å². The Labute approximate surface area is 136 Å². The van der Waals surface area contributed by atoms with Crippen molar-refractivity contribution in [3.63, 3.8) is 0 Å².